The molecule has 0 amide bonds. The molecule has 2 nitrogen and oxygen atoms in total. The fourth-order valence-electron chi connectivity index (χ4n) is 1.63. The predicted octanol–water partition coefficient (Wildman–Crippen LogP) is 2.09. The first-order valence-corrected chi connectivity index (χ1v) is 4.96. The van der Waals surface area contributed by atoms with Gasteiger partial charge in [-0.2, -0.15) is 0 Å². The van der Waals surface area contributed by atoms with Crippen molar-refractivity contribution in [2.24, 2.45) is 0 Å². The Labute approximate surface area is 83.1 Å². The van der Waals surface area contributed by atoms with E-state index in [2.05, 4.69) is 12.2 Å². The van der Waals surface area contributed by atoms with Crippen molar-refractivity contribution >= 4 is 0 Å². The third-order valence-corrected chi connectivity index (χ3v) is 2.50. The molecule has 0 fully saturated rings. The van der Waals surface area contributed by atoms with Crippen LogP contribution in [0.2, 0.25) is 0 Å². The molecule has 0 aliphatic carbocycles. The molecule has 1 aliphatic rings. The molecule has 0 aromatic heterocycles. The second-order valence-corrected chi connectivity index (χ2v) is 3.50. The van der Waals surface area contributed by atoms with Crippen LogP contribution in [0.25, 0.3) is 0 Å². The number of hydrogen-bond acceptors (Lipinski definition) is 2. The molecule has 0 radical (unpaired) electrons. The van der Waals surface area contributed by atoms with E-state index in [-0.39, 0.29) is 11.9 Å². The van der Waals surface area contributed by atoms with Gasteiger partial charge in [-0.15, -0.1) is 0 Å². The molecule has 0 unspecified atom stereocenters. The minimum Gasteiger partial charge on any atom is -0.489 e. The Morgan fingerprint density at radius 2 is 2.43 bits per heavy atom. The summed E-state index contributed by atoms with van der Waals surface area (Å²) in [6.07, 6.45) is 1.08. The van der Waals surface area contributed by atoms with E-state index in [0.717, 1.165) is 13.0 Å². The summed E-state index contributed by atoms with van der Waals surface area (Å²) in [6.45, 7) is 3.40. The van der Waals surface area contributed by atoms with Gasteiger partial charge in [0.1, 0.15) is 17.7 Å². The summed E-state index contributed by atoms with van der Waals surface area (Å²) in [5.41, 5.74) is 0.642. The van der Waals surface area contributed by atoms with Gasteiger partial charge in [0.2, 0.25) is 0 Å². The highest BCUT2D eigenvalue weighted by Gasteiger charge is 2.17. The molecule has 2 rings (SSSR count). The van der Waals surface area contributed by atoms with Gasteiger partial charge in [-0.25, -0.2) is 4.39 Å². The quantitative estimate of drug-likeness (QED) is 0.740. The molecule has 1 N–H and O–H groups in total. The van der Waals surface area contributed by atoms with Crippen LogP contribution < -0.4 is 10.1 Å². The van der Waals surface area contributed by atoms with E-state index in [9.17, 15) is 4.39 Å². The Bertz CT molecular complexity index is 327. The van der Waals surface area contributed by atoms with Gasteiger partial charge < -0.3 is 10.1 Å². The Kier molecular flexibility index (Phi) is 2.68. The van der Waals surface area contributed by atoms with Gasteiger partial charge in [0.15, 0.2) is 0 Å². The molecule has 1 aromatic carbocycles. The number of rotatable bonds is 1. The van der Waals surface area contributed by atoms with Gasteiger partial charge >= 0.3 is 0 Å². The Balaban J connectivity index is 2.32. The summed E-state index contributed by atoms with van der Waals surface area (Å²) in [4.78, 5) is 0. The van der Waals surface area contributed by atoms with Crippen LogP contribution >= 0.6 is 0 Å². The van der Waals surface area contributed by atoms with Crippen LogP contribution in [0.5, 0.6) is 5.75 Å². The molecular weight excluding hydrogens is 181 g/mol. The SMILES string of the molecule is CC[C@@H]1CNCc2c(F)cccc2O1. The largest absolute Gasteiger partial charge is 0.489 e. The predicted molar refractivity (Wildman–Crippen MR) is 52.8 cm³/mol. The maximum Gasteiger partial charge on any atom is 0.131 e. The highest BCUT2D eigenvalue weighted by molar-refractivity contribution is 5.35. The molecule has 1 heterocycles. The van der Waals surface area contributed by atoms with Gasteiger partial charge in [0, 0.05) is 18.7 Å². The first kappa shape index (κ1) is 9.46. The van der Waals surface area contributed by atoms with E-state index >= 15 is 0 Å². The van der Waals surface area contributed by atoms with Gasteiger partial charge in [-0.1, -0.05) is 13.0 Å². The van der Waals surface area contributed by atoms with Crippen LogP contribution in [0, 0.1) is 5.82 Å². The number of nitrogens with one attached hydrogen (secondary N) is 1. The van der Waals surface area contributed by atoms with Crippen molar-refractivity contribution in [3.05, 3.63) is 29.6 Å². The second-order valence-electron chi connectivity index (χ2n) is 3.50. The van der Waals surface area contributed by atoms with Gasteiger partial charge in [0.25, 0.3) is 0 Å². The summed E-state index contributed by atoms with van der Waals surface area (Å²) in [5.74, 6) is 0.494. The van der Waals surface area contributed by atoms with E-state index in [1.54, 1.807) is 6.07 Å². The van der Waals surface area contributed by atoms with Crippen molar-refractivity contribution < 1.29 is 9.13 Å². The van der Waals surface area contributed by atoms with Crippen LogP contribution in [0.4, 0.5) is 4.39 Å². The molecule has 1 aliphatic heterocycles. The average Bonchev–Trinajstić information content (AvgIpc) is 2.40. The number of halogens is 1. The molecule has 0 spiro atoms. The molecular formula is C11H14FNO. The van der Waals surface area contributed by atoms with E-state index in [0.29, 0.717) is 17.9 Å². The van der Waals surface area contributed by atoms with Crippen LogP contribution in [0.15, 0.2) is 18.2 Å². The normalized spacial score (nSPS) is 20.9. The average molecular weight is 195 g/mol. The lowest BCUT2D eigenvalue weighted by Gasteiger charge is -2.14. The number of benzene rings is 1. The third kappa shape index (κ3) is 1.73. The fraction of sp³-hybridized carbons (Fsp3) is 0.455. The van der Waals surface area contributed by atoms with Crippen LogP contribution in [-0.2, 0) is 6.54 Å². The summed E-state index contributed by atoms with van der Waals surface area (Å²) >= 11 is 0. The fourth-order valence-corrected chi connectivity index (χ4v) is 1.63. The summed E-state index contributed by atoms with van der Waals surface area (Å²) in [6, 6.07) is 4.98. The molecule has 14 heavy (non-hydrogen) atoms. The summed E-state index contributed by atoms with van der Waals surface area (Å²) in [7, 11) is 0. The van der Waals surface area contributed by atoms with Crippen molar-refractivity contribution in [3.63, 3.8) is 0 Å². The maximum atomic E-state index is 13.4. The van der Waals surface area contributed by atoms with Crippen molar-refractivity contribution in [2.75, 3.05) is 6.54 Å². The van der Waals surface area contributed by atoms with Gasteiger partial charge in [-0.05, 0) is 18.6 Å². The van der Waals surface area contributed by atoms with Crippen LogP contribution in [0.1, 0.15) is 18.9 Å². The minimum atomic E-state index is -0.188. The first-order valence-electron chi connectivity index (χ1n) is 4.96. The van der Waals surface area contributed by atoms with E-state index < -0.39 is 0 Å². The van der Waals surface area contributed by atoms with Gasteiger partial charge in [0.05, 0.1) is 0 Å². The topological polar surface area (TPSA) is 21.3 Å². The number of fused-ring (bicyclic) bond motifs is 1. The summed E-state index contributed by atoms with van der Waals surface area (Å²) < 4.78 is 19.0. The van der Waals surface area contributed by atoms with Crippen molar-refractivity contribution in [1.29, 1.82) is 0 Å². The standard InChI is InChI=1S/C11H14FNO/c1-2-8-6-13-7-9-10(12)4-3-5-11(9)14-8/h3-5,8,13H,2,6-7H2,1H3/t8-/m1/s1. The monoisotopic (exact) mass is 195 g/mol. The van der Waals surface area contributed by atoms with Crippen LogP contribution in [-0.4, -0.2) is 12.6 Å². The Morgan fingerprint density at radius 1 is 1.57 bits per heavy atom. The zero-order valence-corrected chi connectivity index (χ0v) is 8.22. The van der Waals surface area contributed by atoms with E-state index in [4.69, 9.17) is 4.74 Å². The number of hydrogen-bond donors (Lipinski definition) is 1. The molecule has 1 atom stereocenters. The maximum absolute atomic E-state index is 13.4. The number of ether oxygens (including phenoxy) is 1. The summed E-state index contributed by atoms with van der Waals surface area (Å²) in [5, 5.41) is 3.18. The van der Waals surface area contributed by atoms with E-state index in [1.165, 1.54) is 6.07 Å². The van der Waals surface area contributed by atoms with Crippen LogP contribution in [0.3, 0.4) is 0 Å². The zero-order valence-electron chi connectivity index (χ0n) is 8.22. The van der Waals surface area contributed by atoms with Crippen molar-refractivity contribution in [2.45, 2.75) is 26.0 Å². The Morgan fingerprint density at radius 3 is 3.21 bits per heavy atom. The van der Waals surface area contributed by atoms with E-state index in [1.807, 2.05) is 6.07 Å². The molecule has 0 bridgehead atoms. The second kappa shape index (κ2) is 3.96. The highest BCUT2D eigenvalue weighted by atomic mass is 19.1. The Hall–Kier alpha value is -1.09. The zero-order chi connectivity index (χ0) is 9.97. The van der Waals surface area contributed by atoms with Crippen molar-refractivity contribution in [3.8, 4) is 5.75 Å². The molecule has 76 valence electrons. The molecule has 0 saturated heterocycles. The lowest BCUT2D eigenvalue weighted by molar-refractivity contribution is 0.201. The molecule has 3 heteroatoms. The highest BCUT2D eigenvalue weighted by Crippen LogP contribution is 2.24. The van der Waals surface area contributed by atoms with Crippen molar-refractivity contribution in [1.82, 2.24) is 5.32 Å². The smallest absolute Gasteiger partial charge is 0.131 e. The minimum absolute atomic E-state index is 0.151. The molecule has 0 saturated carbocycles. The molecule has 1 aromatic rings. The first-order chi connectivity index (χ1) is 6.81. The lowest BCUT2D eigenvalue weighted by atomic mass is 10.2. The lowest BCUT2D eigenvalue weighted by Crippen LogP contribution is -2.27. The third-order valence-electron chi connectivity index (χ3n) is 2.50. The van der Waals surface area contributed by atoms with Gasteiger partial charge in [-0.3, -0.25) is 0 Å².